The van der Waals surface area contributed by atoms with Gasteiger partial charge in [0.15, 0.2) is 0 Å². The number of fused-ring (bicyclic) bond motifs is 1. The lowest BCUT2D eigenvalue weighted by molar-refractivity contribution is 1.08. The van der Waals surface area contributed by atoms with Crippen molar-refractivity contribution in [1.29, 1.82) is 0 Å². The molecule has 2 heteroatoms. The number of hydrogen-bond donors (Lipinski definition) is 0. The van der Waals surface area contributed by atoms with Crippen molar-refractivity contribution >= 4 is 22.5 Å². The van der Waals surface area contributed by atoms with Crippen molar-refractivity contribution in [1.82, 2.24) is 0 Å². The maximum Gasteiger partial charge on any atom is 0.0952 e. The first-order valence-corrected chi connectivity index (χ1v) is 6.57. The van der Waals surface area contributed by atoms with Crippen molar-refractivity contribution in [3.63, 3.8) is 0 Å². The van der Waals surface area contributed by atoms with Crippen LogP contribution in [0.4, 0.5) is 5.69 Å². The summed E-state index contributed by atoms with van der Waals surface area (Å²) in [6, 6.07) is 27.1. The summed E-state index contributed by atoms with van der Waals surface area (Å²) in [4.78, 5) is 8.56. The topological polar surface area (TPSA) is 24.7 Å². The molecule has 0 aromatic heterocycles. The molecule has 2 nitrogen and oxygen atoms in total. The van der Waals surface area contributed by atoms with Gasteiger partial charge in [-0.1, -0.05) is 66.7 Å². The molecule has 3 rings (SSSR count). The molecule has 0 atom stereocenters. The van der Waals surface area contributed by atoms with Crippen LogP contribution in [0.25, 0.3) is 10.8 Å². The molecule has 0 fully saturated rings. The van der Waals surface area contributed by atoms with E-state index in [1.54, 1.807) is 0 Å². The summed E-state index contributed by atoms with van der Waals surface area (Å²) < 4.78 is 0. The van der Waals surface area contributed by atoms with Gasteiger partial charge in [-0.15, -0.1) is 0 Å². The van der Waals surface area contributed by atoms with Gasteiger partial charge in [-0.25, -0.2) is 4.99 Å². The Bertz CT molecular complexity index is 764. The fraction of sp³-hybridized carbons (Fsp3) is 0.0556. The van der Waals surface area contributed by atoms with Gasteiger partial charge < -0.3 is 0 Å². The molecule has 0 aliphatic carbocycles. The molecule has 20 heavy (non-hydrogen) atoms. The minimum atomic E-state index is 0.606. The van der Waals surface area contributed by atoms with E-state index in [1.807, 2.05) is 54.6 Å². The van der Waals surface area contributed by atoms with Crippen molar-refractivity contribution in [3.8, 4) is 0 Å². The molecule has 0 unspecified atom stereocenters. The summed E-state index contributed by atoms with van der Waals surface area (Å²) in [6.07, 6.45) is 0. The Morgan fingerprint density at radius 2 is 1.50 bits per heavy atom. The molecule has 96 valence electrons. The molecule has 0 amide bonds. The maximum atomic E-state index is 4.33. The Kier molecular flexibility index (Phi) is 3.68. The minimum absolute atomic E-state index is 0.606. The molecule has 3 aromatic rings. The molecule has 0 N–H and O–H groups in total. The Balaban J connectivity index is 1.84. The second kappa shape index (κ2) is 5.96. The van der Waals surface area contributed by atoms with E-state index >= 15 is 0 Å². The number of hydrogen-bond acceptors (Lipinski definition) is 2. The molecule has 0 bridgehead atoms. The van der Waals surface area contributed by atoms with Crippen molar-refractivity contribution < 1.29 is 0 Å². The summed E-state index contributed by atoms with van der Waals surface area (Å²) >= 11 is 0. The molecular weight excluding hydrogens is 244 g/mol. The van der Waals surface area contributed by atoms with E-state index < -0.39 is 0 Å². The smallest absolute Gasteiger partial charge is 0.0952 e. The highest BCUT2D eigenvalue weighted by atomic mass is 14.8. The predicted octanol–water partition coefficient (Wildman–Crippen LogP) is 4.85. The zero-order chi connectivity index (χ0) is 13.6. The third kappa shape index (κ3) is 2.82. The zero-order valence-electron chi connectivity index (χ0n) is 11.0. The molecule has 0 saturated carbocycles. The van der Waals surface area contributed by atoms with E-state index in [4.69, 9.17) is 0 Å². The highest BCUT2D eigenvalue weighted by Crippen LogP contribution is 2.24. The fourth-order valence-corrected chi connectivity index (χ4v) is 2.11. The molecule has 0 aliphatic heterocycles. The van der Waals surface area contributed by atoms with Crippen molar-refractivity contribution in [2.24, 2.45) is 9.98 Å². The van der Waals surface area contributed by atoms with Crippen molar-refractivity contribution in [2.45, 2.75) is 6.54 Å². The van der Waals surface area contributed by atoms with Crippen LogP contribution in [-0.2, 0) is 6.54 Å². The molecule has 0 spiro atoms. The highest BCUT2D eigenvalue weighted by Gasteiger charge is 1.96. The number of benzene rings is 3. The molecule has 0 saturated heterocycles. The van der Waals surface area contributed by atoms with Crippen LogP contribution < -0.4 is 0 Å². The lowest BCUT2D eigenvalue weighted by Gasteiger charge is -1.99. The zero-order valence-corrected chi connectivity index (χ0v) is 11.0. The van der Waals surface area contributed by atoms with Gasteiger partial charge in [-0.05, 0) is 17.0 Å². The Morgan fingerprint density at radius 1 is 0.750 bits per heavy atom. The maximum absolute atomic E-state index is 4.33. The predicted molar refractivity (Wildman–Crippen MR) is 83.6 cm³/mol. The van der Waals surface area contributed by atoms with Gasteiger partial charge in [-0.2, -0.15) is 4.99 Å². The van der Waals surface area contributed by atoms with Crippen LogP contribution in [0.3, 0.4) is 0 Å². The second-order valence-corrected chi connectivity index (χ2v) is 4.51. The van der Waals surface area contributed by atoms with Gasteiger partial charge >= 0.3 is 0 Å². The first kappa shape index (κ1) is 12.3. The quantitative estimate of drug-likeness (QED) is 0.600. The van der Waals surface area contributed by atoms with Crippen molar-refractivity contribution in [2.75, 3.05) is 0 Å². The number of rotatable bonds is 3. The van der Waals surface area contributed by atoms with Crippen LogP contribution in [0.1, 0.15) is 5.56 Å². The second-order valence-electron chi connectivity index (χ2n) is 4.51. The lowest BCUT2D eigenvalue weighted by atomic mass is 10.1. The SMILES string of the molecule is C(=NCc1ccccc1)=Nc1cccc2ccccc12. The molecule has 0 aliphatic rings. The van der Waals surface area contributed by atoms with Gasteiger partial charge in [0.2, 0.25) is 0 Å². The Labute approximate surface area is 118 Å². The summed E-state index contributed by atoms with van der Waals surface area (Å²) in [7, 11) is 0. The average molecular weight is 258 g/mol. The van der Waals surface area contributed by atoms with Crippen molar-refractivity contribution in [3.05, 3.63) is 78.4 Å². The molecule has 3 aromatic carbocycles. The first-order valence-electron chi connectivity index (χ1n) is 6.57. The van der Waals surface area contributed by atoms with Crippen LogP contribution in [0.5, 0.6) is 0 Å². The molecular formula is C18H14N2. The Morgan fingerprint density at radius 3 is 2.40 bits per heavy atom. The van der Waals surface area contributed by atoms with Gasteiger partial charge in [0.05, 0.1) is 18.2 Å². The summed E-state index contributed by atoms with van der Waals surface area (Å²) in [5.74, 6) is 0. The highest BCUT2D eigenvalue weighted by molar-refractivity contribution is 5.93. The summed E-state index contributed by atoms with van der Waals surface area (Å²) in [5.41, 5.74) is 2.06. The molecule has 0 heterocycles. The van der Waals surface area contributed by atoms with Crippen LogP contribution in [0.15, 0.2) is 82.8 Å². The average Bonchev–Trinajstić information content (AvgIpc) is 2.53. The van der Waals surface area contributed by atoms with Gasteiger partial charge in [-0.3, -0.25) is 0 Å². The third-order valence-corrected chi connectivity index (χ3v) is 3.11. The van der Waals surface area contributed by atoms with Gasteiger partial charge in [0.1, 0.15) is 0 Å². The number of nitrogens with zero attached hydrogens (tertiary/aromatic N) is 2. The van der Waals surface area contributed by atoms with Crippen LogP contribution in [0.2, 0.25) is 0 Å². The van der Waals surface area contributed by atoms with Crippen LogP contribution in [0, 0.1) is 0 Å². The first-order chi connectivity index (χ1) is 9.93. The van der Waals surface area contributed by atoms with E-state index in [0.717, 1.165) is 16.6 Å². The van der Waals surface area contributed by atoms with E-state index in [9.17, 15) is 0 Å². The van der Waals surface area contributed by atoms with Crippen LogP contribution in [-0.4, -0.2) is 6.01 Å². The van der Waals surface area contributed by atoms with E-state index in [0.29, 0.717) is 6.54 Å². The fourth-order valence-electron chi connectivity index (χ4n) is 2.11. The largest absolute Gasteiger partial charge is 0.221 e. The standard InChI is InChI=1S/C18H14N2/c1-2-7-15(8-3-1)13-19-14-20-18-12-6-10-16-9-4-5-11-17(16)18/h1-12H,13H2. The lowest BCUT2D eigenvalue weighted by Crippen LogP contribution is -1.78. The third-order valence-electron chi connectivity index (χ3n) is 3.11. The summed E-state index contributed by atoms with van der Waals surface area (Å²) in [6.45, 7) is 0.606. The van der Waals surface area contributed by atoms with E-state index in [-0.39, 0.29) is 0 Å². The monoisotopic (exact) mass is 258 g/mol. The number of aliphatic imine (C=N–C) groups is 2. The van der Waals surface area contributed by atoms with E-state index in [2.05, 4.69) is 34.2 Å². The van der Waals surface area contributed by atoms with Gasteiger partial charge in [0.25, 0.3) is 0 Å². The Hall–Kier alpha value is -2.70. The van der Waals surface area contributed by atoms with E-state index in [1.165, 1.54) is 5.39 Å². The molecule has 0 radical (unpaired) electrons. The van der Waals surface area contributed by atoms with Crippen LogP contribution >= 0.6 is 0 Å². The van der Waals surface area contributed by atoms with Gasteiger partial charge in [0, 0.05) is 5.39 Å². The minimum Gasteiger partial charge on any atom is -0.221 e. The normalized spacial score (nSPS) is 10.0. The summed E-state index contributed by atoms with van der Waals surface area (Å²) in [5, 5.41) is 2.30.